The van der Waals surface area contributed by atoms with Gasteiger partial charge in [0.2, 0.25) is 11.8 Å². The third-order valence-electron chi connectivity index (χ3n) is 6.85. The molecule has 0 bridgehead atoms. The quantitative estimate of drug-likeness (QED) is 0.325. The van der Waals surface area contributed by atoms with E-state index in [9.17, 15) is 13.2 Å². The molecule has 204 valence electrons. The summed E-state index contributed by atoms with van der Waals surface area (Å²) in [4.78, 5) is 10.6. The van der Waals surface area contributed by atoms with Crippen LogP contribution in [-0.4, -0.2) is 88.1 Å². The number of anilines is 1. The maximum Gasteiger partial charge on any atom is 0.256 e. The van der Waals surface area contributed by atoms with E-state index in [0.29, 0.717) is 48.6 Å². The summed E-state index contributed by atoms with van der Waals surface area (Å²) in [6.45, 7) is 3.17. The number of ether oxygens (including phenoxy) is 2. The second-order valence-corrected chi connectivity index (χ2v) is 9.30. The predicted octanol–water partition coefficient (Wildman–Crippen LogP) is 3.94. The number of hydrogen-bond acceptors (Lipinski definition) is 7. The molecule has 0 unspecified atom stereocenters. The van der Waals surface area contributed by atoms with Crippen LogP contribution in [0.3, 0.4) is 0 Å². The number of benzene rings is 1. The van der Waals surface area contributed by atoms with Crippen LogP contribution in [0.25, 0.3) is 27.7 Å². The number of likely N-dealkylation sites (tertiary alicyclic amines) is 1. The standard InChI is InChI=1S/C25H29F4N7O2/c1-14-30-22-17(26)10-15(11-20(22)35(14)13-21(28)29)16-4-7-36-23(16)24(38-3)32-25(33-36)31-19-5-6-34(8-9-37-2)12-18(19)27/h4,7,10-11,18-19,21H,5-6,8-9,12-13H2,1-3H3,(H,31,33)/t18-,19+/m1/s1. The zero-order valence-electron chi connectivity index (χ0n) is 21.3. The molecule has 4 aromatic rings. The van der Waals surface area contributed by atoms with Crippen molar-refractivity contribution in [1.29, 1.82) is 0 Å². The normalized spacial score (nSPS) is 18.6. The predicted molar refractivity (Wildman–Crippen MR) is 134 cm³/mol. The van der Waals surface area contributed by atoms with E-state index >= 15 is 4.39 Å². The molecule has 4 heterocycles. The Kier molecular flexibility index (Phi) is 7.39. The molecule has 0 saturated carbocycles. The maximum atomic E-state index is 15.0. The summed E-state index contributed by atoms with van der Waals surface area (Å²) in [5.41, 5.74) is 1.73. The zero-order valence-corrected chi connectivity index (χ0v) is 21.3. The minimum atomic E-state index is -2.62. The second kappa shape index (κ2) is 10.7. The fourth-order valence-corrected chi connectivity index (χ4v) is 4.97. The van der Waals surface area contributed by atoms with Gasteiger partial charge in [0, 0.05) is 38.5 Å². The van der Waals surface area contributed by atoms with Gasteiger partial charge >= 0.3 is 0 Å². The molecule has 1 aromatic carbocycles. The van der Waals surface area contributed by atoms with Crippen molar-refractivity contribution in [2.75, 3.05) is 45.8 Å². The Morgan fingerprint density at radius 2 is 2.03 bits per heavy atom. The molecule has 3 aromatic heterocycles. The number of nitrogens with one attached hydrogen (secondary N) is 1. The van der Waals surface area contributed by atoms with Crippen molar-refractivity contribution in [2.24, 2.45) is 0 Å². The molecule has 1 aliphatic heterocycles. The molecule has 0 aliphatic carbocycles. The largest absolute Gasteiger partial charge is 0.479 e. The minimum absolute atomic E-state index is 0.0270. The van der Waals surface area contributed by atoms with Gasteiger partial charge in [-0.3, -0.25) is 4.90 Å². The van der Waals surface area contributed by atoms with Crippen LogP contribution in [0.2, 0.25) is 0 Å². The number of nitrogens with zero attached hydrogens (tertiary/aromatic N) is 6. The summed E-state index contributed by atoms with van der Waals surface area (Å²) in [6, 6.07) is 4.16. The molecule has 38 heavy (non-hydrogen) atoms. The molecular weight excluding hydrogens is 506 g/mol. The van der Waals surface area contributed by atoms with E-state index < -0.39 is 31.0 Å². The van der Waals surface area contributed by atoms with Crippen molar-refractivity contribution in [1.82, 2.24) is 29.0 Å². The van der Waals surface area contributed by atoms with E-state index in [1.165, 1.54) is 22.3 Å². The molecule has 1 fully saturated rings. The summed E-state index contributed by atoms with van der Waals surface area (Å²) >= 11 is 0. The number of halogens is 4. The van der Waals surface area contributed by atoms with Crippen LogP contribution in [0.5, 0.6) is 5.88 Å². The lowest BCUT2D eigenvalue weighted by atomic mass is 10.0. The van der Waals surface area contributed by atoms with E-state index in [1.807, 2.05) is 4.90 Å². The van der Waals surface area contributed by atoms with Crippen LogP contribution in [0.4, 0.5) is 23.5 Å². The highest BCUT2D eigenvalue weighted by Gasteiger charge is 2.30. The van der Waals surface area contributed by atoms with Gasteiger partial charge in [-0.25, -0.2) is 27.1 Å². The third kappa shape index (κ3) is 4.99. The number of alkyl halides is 3. The van der Waals surface area contributed by atoms with E-state index in [2.05, 4.69) is 20.4 Å². The molecule has 0 amide bonds. The number of piperidine rings is 1. The van der Waals surface area contributed by atoms with Crippen molar-refractivity contribution in [3.8, 4) is 17.0 Å². The third-order valence-corrected chi connectivity index (χ3v) is 6.85. The molecule has 1 N–H and O–H groups in total. The average molecular weight is 536 g/mol. The fraction of sp³-hybridized carbons (Fsp3) is 0.480. The number of aromatic nitrogens is 5. The number of imidazole rings is 1. The topological polar surface area (TPSA) is 81.7 Å². The van der Waals surface area contributed by atoms with Crippen molar-refractivity contribution < 1.29 is 27.0 Å². The van der Waals surface area contributed by atoms with E-state index in [4.69, 9.17) is 9.47 Å². The Hall–Kier alpha value is -3.45. The number of hydrogen-bond donors (Lipinski definition) is 1. The average Bonchev–Trinajstić information content (AvgIpc) is 3.45. The number of aryl methyl sites for hydroxylation is 1. The van der Waals surface area contributed by atoms with Crippen molar-refractivity contribution >= 4 is 22.5 Å². The minimum Gasteiger partial charge on any atom is -0.479 e. The molecule has 0 spiro atoms. The lowest BCUT2D eigenvalue weighted by Gasteiger charge is -2.34. The SMILES string of the molecule is COCCN1CC[C@H](Nc2nc(OC)c3c(-c4cc(F)c5nc(C)n(CC(F)F)c5c4)ccn3n2)[C@H](F)C1. The highest BCUT2D eigenvalue weighted by molar-refractivity contribution is 5.90. The lowest BCUT2D eigenvalue weighted by Crippen LogP contribution is -2.48. The van der Waals surface area contributed by atoms with Gasteiger partial charge in [0.1, 0.15) is 23.0 Å². The summed E-state index contributed by atoms with van der Waals surface area (Å²) in [5.74, 6) is 0.0670. The van der Waals surface area contributed by atoms with Gasteiger partial charge in [0.15, 0.2) is 5.82 Å². The Morgan fingerprint density at radius 1 is 1.21 bits per heavy atom. The van der Waals surface area contributed by atoms with Crippen molar-refractivity contribution in [3.63, 3.8) is 0 Å². The number of methoxy groups -OCH3 is 2. The monoisotopic (exact) mass is 535 g/mol. The Labute approximate surface area is 216 Å². The van der Waals surface area contributed by atoms with E-state index in [-0.39, 0.29) is 29.4 Å². The van der Waals surface area contributed by atoms with Gasteiger partial charge in [-0.1, -0.05) is 0 Å². The summed E-state index contributed by atoms with van der Waals surface area (Å²) in [6.07, 6.45) is -1.52. The molecule has 13 heteroatoms. The van der Waals surface area contributed by atoms with Crippen LogP contribution in [0.15, 0.2) is 24.4 Å². The van der Waals surface area contributed by atoms with Gasteiger partial charge in [-0.05, 0) is 37.1 Å². The Balaban J connectivity index is 1.47. The summed E-state index contributed by atoms with van der Waals surface area (Å²) < 4.78 is 69.7. The summed E-state index contributed by atoms with van der Waals surface area (Å²) in [5, 5.41) is 7.56. The smallest absolute Gasteiger partial charge is 0.256 e. The van der Waals surface area contributed by atoms with Crippen LogP contribution >= 0.6 is 0 Å². The first-order valence-electron chi connectivity index (χ1n) is 12.3. The summed E-state index contributed by atoms with van der Waals surface area (Å²) in [7, 11) is 3.06. The van der Waals surface area contributed by atoms with Crippen LogP contribution in [0.1, 0.15) is 12.2 Å². The van der Waals surface area contributed by atoms with Crippen molar-refractivity contribution in [3.05, 3.63) is 36.0 Å². The van der Waals surface area contributed by atoms with Crippen LogP contribution in [-0.2, 0) is 11.3 Å². The maximum absolute atomic E-state index is 15.0. The fourth-order valence-electron chi connectivity index (χ4n) is 4.97. The second-order valence-electron chi connectivity index (χ2n) is 9.30. The van der Waals surface area contributed by atoms with E-state index in [1.54, 1.807) is 32.4 Å². The van der Waals surface area contributed by atoms with Gasteiger partial charge < -0.3 is 19.4 Å². The Morgan fingerprint density at radius 3 is 2.74 bits per heavy atom. The molecule has 5 rings (SSSR count). The lowest BCUT2D eigenvalue weighted by molar-refractivity contribution is 0.0918. The molecule has 1 saturated heterocycles. The number of fused-ring (bicyclic) bond motifs is 2. The molecule has 0 radical (unpaired) electrons. The molecule has 9 nitrogen and oxygen atoms in total. The first-order chi connectivity index (χ1) is 18.3. The molecule has 1 aliphatic rings. The van der Waals surface area contributed by atoms with Gasteiger partial charge in [-0.15, -0.1) is 5.10 Å². The zero-order chi connectivity index (χ0) is 27.0. The van der Waals surface area contributed by atoms with Crippen LogP contribution < -0.4 is 10.1 Å². The van der Waals surface area contributed by atoms with Crippen molar-refractivity contribution in [2.45, 2.75) is 38.5 Å². The van der Waals surface area contributed by atoms with Gasteiger partial charge in [0.05, 0.1) is 31.8 Å². The molecular formula is C25H29F4N7O2. The highest BCUT2D eigenvalue weighted by atomic mass is 19.3. The number of rotatable bonds is 9. The van der Waals surface area contributed by atoms with Gasteiger partial charge in [-0.2, -0.15) is 4.98 Å². The van der Waals surface area contributed by atoms with Crippen LogP contribution in [0, 0.1) is 12.7 Å². The van der Waals surface area contributed by atoms with Gasteiger partial charge in [0.25, 0.3) is 6.43 Å². The first-order valence-corrected chi connectivity index (χ1v) is 12.3. The first kappa shape index (κ1) is 26.2. The molecule has 2 atom stereocenters. The highest BCUT2D eigenvalue weighted by Crippen LogP contribution is 2.34. The van der Waals surface area contributed by atoms with E-state index in [0.717, 1.165) is 0 Å². The Bertz CT molecular complexity index is 1440.